The Hall–Kier alpha value is -0.130. The monoisotopic (exact) mass is 282 g/mol. The normalized spacial score (nSPS) is 20.8. The third kappa shape index (κ3) is 3.43. The van der Waals surface area contributed by atoms with Crippen LogP contribution in [0.2, 0.25) is 10.4 Å². The van der Waals surface area contributed by atoms with E-state index < -0.39 is 0 Å². The van der Waals surface area contributed by atoms with Crippen LogP contribution in [0.25, 0.3) is 0 Å². The molecule has 0 spiro atoms. The smallest absolute Gasteiger partial charge is 0.223 e. The molecule has 0 aliphatic carbocycles. The molecule has 1 aliphatic rings. The highest BCUT2D eigenvalue weighted by atomic mass is 35.5. The third-order valence-corrected chi connectivity index (χ3v) is 2.99. The summed E-state index contributed by atoms with van der Waals surface area (Å²) in [5.74, 6) is 0. The summed E-state index contributed by atoms with van der Waals surface area (Å²) >= 11 is 11.6. The number of hydrogen-bond donors (Lipinski definition) is 1. The summed E-state index contributed by atoms with van der Waals surface area (Å²) in [5.41, 5.74) is 6.71. The number of aromatic nitrogens is 2. The highest BCUT2D eigenvalue weighted by molar-refractivity contribution is 6.32. The van der Waals surface area contributed by atoms with Gasteiger partial charge in [-0.25, -0.2) is 9.97 Å². The third-order valence-electron chi connectivity index (χ3n) is 2.49. The average Bonchev–Trinajstić information content (AvgIpc) is 2.56. The van der Waals surface area contributed by atoms with E-state index in [0.717, 1.165) is 31.6 Å². The fraction of sp³-hybridized carbons (Fsp3) is 0.556. The Morgan fingerprint density at radius 1 is 1.50 bits per heavy atom. The average molecular weight is 284 g/mol. The minimum absolute atomic E-state index is 0. The van der Waals surface area contributed by atoms with Gasteiger partial charge in [0.2, 0.25) is 5.28 Å². The Morgan fingerprint density at radius 3 is 2.81 bits per heavy atom. The van der Waals surface area contributed by atoms with Crippen molar-refractivity contribution in [1.82, 2.24) is 14.9 Å². The topological polar surface area (TPSA) is 55.0 Å². The Morgan fingerprint density at radius 2 is 2.25 bits per heavy atom. The van der Waals surface area contributed by atoms with E-state index in [9.17, 15) is 0 Å². The maximum Gasteiger partial charge on any atom is 0.223 e. The number of hydrogen-bond acceptors (Lipinski definition) is 4. The molecule has 1 saturated heterocycles. The SMILES string of the molecule is Cl.N[C@H]1CCN(Cc2cnc(Cl)nc2Cl)C1. The number of rotatable bonds is 2. The molecule has 7 heteroatoms. The molecule has 0 bridgehead atoms. The first-order valence-electron chi connectivity index (χ1n) is 4.80. The van der Waals surface area contributed by atoms with Gasteiger partial charge in [0.05, 0.1) is 0 Å². The predicted octanol–water partition coefficient (Wildman–Crippen LogP) is 1.74. The molecule has 1 atom stereocenters. The van der Waals surface area contributed by atoms with Crippen LogP contribution in [-0.2, 0) is 6.54 Å². The molecule has 1 aromatic heterocycles. The van der Waals surface area contributed by atoms with E-state index in [2.05, 4.69) is 14.9 Å². The maximum absolute atomic E-state index is 5.95. The van der Waals surface area contributed by atoms with Gasteiger partial charge in [0.15, 0.2) is 0 Å². The van der Waals surface area contributed by atoms with Gasteiger partial charge in [0.25, 0.3) is 0 Å². The van der Waals surface area contributed by atoms with Gasteiger partial charge in [-0.3, -0.25) is 4.90 Å². The molecule has 2 rings (SSSR count). The minimum Gasteiger partial charge on any atom is -0.326 e. The predicted molar refractivity (Wildman–Crippen MR) is 67.2 cm³/mol. The van der Waals surface area contributed by atoms with Crippen LogP contribution in [0.4, 0.5) is 0 Å². The van der Waals surface area contributed by atoms with Gasteiger partial charge in [-0.2, -0.15) is 0 Å². The number of nitrogens with two attached hydrogens (primary N) is 1. The first-order valence-corrected chi connectivity index (χ1v) is 5.55. The second-order valence-electron chi connectivity index (χ2n) is 3.74. The van der Waals surface area contributed by atoms with Gasteiger partial charge >= 0.3 is 0 Å². The van der Waals surface area contributed by atoms with Crippen LogP contribution in [0.3, 0.4) is 0 Å². The van der Waals surface area contributed by atoms with E-state index in [1.807, 2.05) is 0 Å². The summed E-state index contributed by atoms with van der Waals surface area (Å²) in [6.07, 6.45) is 2.70. The second-order valence-corrected chi connectivity index (χ2v) is 4.44. The Labute approximate surface area is 111 Å². The zero-order valence-corrected chi connectivity index (χ0v) is 10.9. The maximum atomic E-state index is 5.95. The van der Waals surface area contributed by atoms with Crippen molar-refractivity contribution in [1.29, 1.82) is 0 Å². The highest BCUT2D eigenvalue weighted by Crippen LogP contribution is 2.18. The summed E-state index contributed by atoms with van der Waals surface area (Å²) < 4.78 is 0. The van der Waals surface area contributed by atoms with Crippen LogP contribution in [0.5, 0.6) is 0 Å². The van der Waals surface area contributed by atoms with E-state index in [1.165, 1.54) is 0 Å². The van der Waals surface area contributed by atoms with E-state index in [1.54, 1.807) is 6.20 Å². The van der Waals surface area contributed by atoms with E-state index >= 15 is 0 Å². The summed E-state index contributed by atoms with van der Waals surface area (Å²) in [6.45, 7) is 2.64. The molecule has 0 amide bonds. The molecule has 16 heavy (non-hydrogen) atoms. The molecule has 0 saturated carbocycles. The van der Waals surface area contributed by atoms with Gasteiger partial charge < -0.3 is 5.73 Å². The lowest BCUT2D eigenvalue weighted by atomic mass is 10.3. The number of nitrogens with zero attached hydrogens (tertiary/aromatic N) is 3. The number of halogens is 3. The molecule has 0 aromatic carbocycles. The van der Waals surface area contributed by atoms with Gasteiger partial charge in [0.1, 0.15) is 5.15 Å². The van der Waals surface area contributed by atoms with Gasteiger partial charge in [-0.05, 0) is 18.0 Å². The lowest BCUT2D eigenvalue weighted by molar-refractivity contribution is 0.326. The van der Waals surface area contributed by atoms with Crippen LogP contribution in [0, 0.1) is 0 Å². The van der Waals surface area contributed by atoms with E-state index in [0.29, 0.717) is 5.15 Å². The lowest BCUT2D eigenvalue weighted by Crippen LogP contribution is -2.26. The fourth-order valence-corrected chi connectivity index (χ4v) is 2.08. The molecule has 1 aromatic rings. The molecular weight excluding hydrogens is 270 g/mol. The summed E-state index contributed by atoms with van der Waals surface area (Å²) in [6, 6.07) is 0.275. The fourth-order valence-electron chi connectivity index (χ4n) is 1.72. The van der Waals surface area contributed by atoms with Crippen molar-refractivity contribution < 1.29 is 0 Å². The number of likely N-dealkylation sites (tertiary alicyclic amines) is 1. The first kappa shape index (κ1) is 13.9. The highest BCUT2D eigenvalue weighted by Gasteiger charge is 2.20. The van der Waals surface area contributed by atoms with Crippen LogP contribution >= 0.6 is 35.6 Å². The molecule has 2 heterocycles. The van der Waals surface area contributed by atoms with E-state index in [-0.39, 0.29) is 23.7 Å². The molecule has 4 nitrogen and oxygen atoms in total. The molecule has 1 aliphatic heterocycles. The van der Waals surface area contributed by atoms with Crippen LogP contribution in [0.15, 0.2) is 6.20 Å². The van der Waals surface area contributed by atoms with Gasteiger partial charge in [-0.15, -0.1) is 12.4 Å². The van der Waals surface area contributed by atoms with Gasteiger partial charge in [0, 0.05) is 37.4 Å². The first-order chi connectivity index (χ1) is 7.15. The van der Waals surface area contributed by atoms with Crippen molar-refractivity contribution in [3.8, 4) is 0 Å². The van der Waals surface area contributed by atoms with Crippen molar-refractivity contribution in [2.75, 3.05) is 13.1 Å². The van der Waals surface area contributed by atoms with Crippen molar-refractivity contribution in [3.05, 3.63) is 22.2 Å². The summed E-state index contributed by atoms with van der Waals surface area (Å²) in [5, 5.41) is 0.609. The molecule has 1 fully saturated rings. The Balaban J connectivity index is 0.00000128. The largest absolute Gasteiger partial charge is 0.326 e. The zero-order valence-electron chi connectivity index (χ0n) is 8.57. The summed E-state index contributed by atoms with van der Waals surface area (Å²) in [4.78, 5) is 10.0. The van der Waals surface area contributed by atoms with Crippen molar-refractivity contribution in [2.45, 2.75) is 19.0 Å². The lowest BCUT2D eigenvalue weighted by Gasteiger charge is -2.15. The van der Waals surface area contributed by atoms with Crippen LogP contribution < -0.4 is 5.73 Å². The minimum atomic E-state index is 0. The van der Waals surface area contributed by atoms with Crippen molar-refractivity contribution in [2.24, 2.45) is 5.73 Å². The molecule has 90 valence electrons. The van der Waals surface area contributed by atoms with Crippen LogP contribution in [-0.4, -0.2) is 34.0 Å². The van der Waals surface area contributed by atoms with Crippen molar-refractivity contribution in [3.63, 3.8) is 0 Å². The standard InChI is InChI=1S/C9H12Cl2N4.ClH/c10-8-6(3-13-9(11)14-8)4-15-2-1-7(12)5-15;/h3,7H,1-2,4-5,12H2;1H/t7-;/m0./s1. The van der Waals surface area contributed by atoms with E-state index in [4.69, 9.17) is 28.9 Å². The molecule has 0 radical (unpaired) electrons. The molecule has 0 unspecified atom stereocenters. The van der Waals surface area contributed by atoms with Crippen molar-refractivity contribution >= 4 is 35.6 Å². The quantitative estimate of drug-likeness (QED) is 0.663. The Kier molecular flexibility index (Phi) is 5.21. The Bertz CT molecular complexity index is 361. The molecular formula is C9H13Cl3N4. The second kappa shape index (κ2) is 5.98. The zero-order chi connectivity index (χ0) is 10.8. The summed E-state index contributed by atoms with van der Waals surface area (Å²) in [7, 11) is 0. The molecule has 2 N–H and O–H groups in total. The van der Waals surface area contributed by atoms with Crippen LogP contribution in [0.1, 0.15) is 12.0 Å². The van der Waals surface area contributed by atoms with Gasteiger partial charge in [-0.1, -0.05) is 11.6 Å².